The van der Waals surface area contributed by atoms with Gasteiger partial charge in [-0.3, -0.25) is 9.78 Å². The molecule has 5 nitrogen and oxygen atoms in total. The Hall–Kier alpha value is -2.48. The second kappa shape index (κ2) is 6.10. The Bertz CT molecular complexity index is 685. The van der Waals surface area contributed by atoms with Crippen LogP contribution >= 0.6 is 0 Å². The van der Waals surface area contributed by atoms with Crippen molar-refractivity contribution in [3.05, 3.63) is 58.7 Å². The molecule has 1 amide bonds. The standard InChI is InChI=1S/C14H12F3N3O2/c15-14(16,17)9-3-1-8(2-4-9)5-11-12(13(18)22)20-10(7-21)6-19-11/h1-4,6,21H,5,7H2,(H2,18,22). The molecule has 0 fully saturated rings. The highest BCUT2D eigenvalue weighted by atomic mass is 19.4. The topological polar surface area (TPSA) is 89.1 Å². The fraction of sp³-hybridized carbons (Fsp3) is 0.214. The number of aliphatic hydroxyl groups is 1. The second-order valence-corrected chi connectivity index (χ2v) is 4.55. The summed E-state index contributed by atoms with van der Waals surface area (Å²) >= 11 is 0. The van der Waals surface area contributed by atoms with Crippen molar-refractivity contribution >= 4 is 5.91 Å². The van der Waals surface area contributed by atoms with E-state index in [-0.39, 0.29) is 23.5 Å². The number of carbonyl (C=O) groups excluding carboxylic acids is 1. The van der Waals surface area contributed by atoms with Gasteiger partial charge in [0.25, 0.3) is 5.91 Å². The predicted molar refractivity (Wildman–Crippen MR) is 70.7 cm³/mol. The summed E-state index contributed by atoms with van der Waals surface area (Å²) in [6, 6.07) is 4.51. The van der Waals surface area contributed by atoms with E-state index >= 15 is 0 Å². The lowest BCUT2D eigenvalue weighted by Crippen LogP contribution is -2.18. The number of aromatic nitrogens is 2. The van der Waals surface area contributed by atoms with E-state index in [1.165, 1.54) is 18.3 Å². The maximum absolute atomic E-state index is 12.5. The van der Waals surface area contributed by atoms with E-state index in [0.29, 0.717) is 5.56 Å². The van der Waals surface area contributed by atoms with Gasteiger partial charge in [0, 0.05) is 6.42 Å². The van der Waals surface area contributed by atoms with Crippen molar-refractivity contribution in [1.29, 1.82) is 0 Å². The van der Waals surface area contributed by atoms with Crippen LogP contribution < -0.4 is 5.73 Å². The molecule has 1 heterocycles. The van der Waals surface area contributed by atoms with Crippen molar-refractivity contribution in [2.24, 2.45) is 5.73 Å². The van der Waals surface area contributed by atoms with E-state index in [1.807, 2.05) is 0 Å². The molecular weight excluding hydrogens is 299 g/mol. The van der Waals surface area contributed by atoms with Crippen LogP contribution in [-0.2, 0) is 19.2 Å². The Morgan fingerprint density at radius 1 is 1.23 bits per heavy atom. The summed E-state index contributed by atoms with van der Waals surface area (Å²) in [5.41, 5.74) is 5.29. The average molecular weight is 311 g/mol. The molecule has 2 rings (SSSR count). The average Bonchev–Trinajstić information content (AvgIpc) is 2.47. The molecule has 2 aromatic rings. The van der Waals surface area contributed by atoms with Crippen LogP contribution in [-0.4, -0.2) is 21.0 Å². The number of benzene rings is 1. The zero-order valence-corrected chi connectivity index (χ0v) is 11.3. The van der Waals surface area contributed by atoms with E-state index < -0.39 is 24.3 Å². The van der Waals surface area contributed by atoms with Gasteiger partial charge < -0.3 is 10.8 Å². The third-order valence-electron chi connectivity index (χ3n) is 2.95. The van der Waals surface area contributed by atoms with E-state index in [1.54, 1.807) is 0 Å². The summed E-state index contributed by atoms with van der Waals surface area (Å²) in [7, 11) is 0. The maximum Gasteiger partial charge on any atom is 0.416 e. The molecular formula is C14H12F3N3O2. The summed E-state index contributed by atoms with van der Waals surface area (Å²) < 4.78 is 37.5. The van der Waals surface area contributed by atoms with Crippen LogP contribution in [0.2, 0.25) is 0 Å². The van der Waals surface area contributed by atoms with Crippen molar-refractivity contribution in [3.8, 4) is 0 Å². The number of nitrogens with two attached hydrogens (primary N) is 1. The Balaban J connectivity index is 2.29. The molecule has 22 heavy (non-hydrogen) atoms. The van der Waals surface area contributed by atoms with E-state index in [2.05, 4.69) is 9.97 Å². The van der Waals surface area contributed by atoms with E-state index in [9.17, 15) is 18.0 Å². The molecule has 0 aliphatic heterocycles. The summed E-state index contributed by atoms with van der Waals surface area (Å²) in [5.74, 6) is -0.815. The fourth-order valence-corrected chi connectivity index (χ4v) is 1.86. The molecule has 0 saturated carbocycles. The molecule has 0 saturated heterocycles. The van der Waals surface area contributed by atoms with Gasteiger partial charge in [-0.2, -0.15) is 13.2 Å². The maximum atomic E-state index is 12.5. The highest BCUT2D eigenvalue weighted by Crippen LogP contribution is 2.29. The van der Waals surface area contributed by atoms with Crippen LogP contribution in [0.3, 0.4) is 0 Å². The molecule has 0 radical (unpaired) electrons. The van der Waals surface area contributed by atoms with Gasteiger partial charge in [-0.15, -0.1) is 0 Å². The number of hydrogen-bond donors (Lipinski definition) is 2. The monoisotopic (exact) mass is 311 g/mol. The first kappa shape index (κ1) is 15.9. The highest BCUT2D eigenvalue weighted by Gasteiger charge is 2.30. The molecule has 0 atom stereocenters. The number of amides is 1. The van der Waals surface area contributed by atoms with Gasteiger partial charge >= 0.3 is 6.18 Å². The van der Waals surface area contributed by atoms with Gasteiger partial charge in [-0.25, -0.2) is 4.98 Å². The molecule has 0 aliphatic rings. The van der Waals surface area contributed by atoms with Crippen LogP contribution in [0.5, 0.6) is 0 Å². The summed E-state index contributed by atoms with van der Waals surface area (Å²) in [4.78, 5) is 19.2. The normalized spacial score (nSPS) is 11.5. The zero-order chi connectivity index (χ0) is 16.3. The van der Waals surface area contributed by atoms with Crippen LogP contribution in [0.1, 0.15) is 33.0 Å². The van der Waals surface area contributed by atoms with Gasteiger partial charge in [0.05, 0.1) is 29.8 Å². The van der Waals surface area contributed by atoms with Crippen LogP contribution in [0.15, 0.2) is 30.5 Å². The number of alkyl halides is 3. The minimum atomic E-state index is -4.40. The van der Waals surface area contributed by atoms with Gasteiger partial charge in [0.2, 0.25) is 0 Å². The Morgan fingerprint density at radius 3 is 2.36 bits per heavy atom. The predicted octanol–water partition coefficient (Wildman–Crippen LogP) is 1.68. The lowest BCUT2D eigenvalue weighted by Gasteiger charge is -2.09. The van der Waals surface area contributed by atoms with Gasteiger partial charge in [-0.1, -0.05) is 12.1 Å². The zero-order valence-electron chi connectivity index (χ0n) is 11.3. The Morgan fingerprint density at radius 2 is 1.86 bits per heavy atom. The van der Waals surface area contributed by atoms with Gasteiger partial charge in [-0.05, 0) is 17.7 Å². The van der Waals surface area contributed by atoms with Crippen LogP contribution in [0.4, 0.5) is 13.2 Å². The van der Waals surface area contributed by atoms with Gasteiger partial charge in [0.1, 0.15) is 5.69 Å². The smallest absolute Gasteiger partial charge is 0.390 e. The molecule has 8 heteroatoms. The number of primary amides is 1. The minimum absolute atomic E-state index is 0.105. The molecule has 1 aromatic heterocycles. The quantitative estimate of drug-likeness (QED) is 0.899. The Kier molecular flexibility index (Phi) is 4.41. The Labute approximate surface area is 123 Å². The number of carbonyl (C=O) groups is 1. The summed E-state index contributed by atoms with van der Waals surface area (Å²) in [6.45, 7) is -0.395. The van der Waals surface area contributed by atoms with Crippen molar-refractivity contribution in [2.75, 3.05) is 0 Å². The lowest BCUT2D eigenvalue weighted by molar-refractivity contribution is -0.137. The number of hydrogen-bond acceptors (Lipinski definition) is 4. The largest absolute Gasteiger partial charge is 0.416 e. The van der Waals surface area contributed by atoms with Crippen molar-refractivity contribution in [3.63, 3.8) is 0 Å². The third kappa shape index (κ3) is 3.59. The van der Waals surface area contributed by atoms with E-state index in [0.717, 1.165) is 12.1 Å². The summed E-state index contributed by atoms with van der Waals surface area (Å²) in [6.07, 6.45) is -3.01. The first-order chi connectivity index (χ1) is 10.3. The molecule has 3 N–H and O–H groups in total. The molecule has 1 aromatic carbocycles. The van der Waals surface area contributed by atoms with Crippen molar-refractivity contribution in [1.82, 2.24) is 9.97 Å². The van der Waals surface area contributed by atoms with Crippen LogP contribution in [0.25, 0.3) is 0 Å². The fourth-order valence-electron chi connectivity index (χ4n) is 1.86. The molecule has 116 valence electrons. The van der Waals surface area contributed by atoms with Gasteiger partial charge in [0.15, 0.2) is 0 Å². The molecule has 0 spiro atoms. The van der Waals surface area contributed by atoms with Crippen molar-refractivity contribution in [2.45, 2.75) is 19.2 Å². The molecule has 0 unspecified atom stereocenters. The molecule has 0 aliphatic carbocycles. The first-order valence-electron chi connectivity index (χ1n) is 6.23. The minimum Gasteiger partial charge on any atom is -0.390 e. The molecule has 0 bridgehead atoms. The number of aliphatic hydroxyl groups excluding tert-OH is 1. The number of rotatable bonds is 4. The first-order valence-corrected chi connectivity index (χ1v) is 6.23. The third-order valence-corrected chi connectivity index (χ3v) is 2.95. The number of halogens is 3. The number of nitrogens with zero attached hydrogens (tertiary/aromatic N) is 2. The van der Waals surface area contributed by atoms with E-state index in [4.69, 9.17) is 10.8 Å². The second-order valence-electron chi connectivity index (χ2n) is 4.55. The summed E-state index contributed by atoms with van der Waals surface area (Å²) in [5, 5.41) is 8.97. The van der Waals surface area contributed by atoms with Crippen molar-refractivity contribution < 1.29 is 23.1 Å². The van der Waals surface area contributed by atoms with Crippen LogP contribution in [0, 0.1) is 0 Å². The highest BCUT2D eigenvalue weighted by molar-refractivity contribution is 5.91. The lowest BCUT2D eigenvalue weighted by atomic mass is 10.1. The SMILES string of the molecule is NC(=O)c1nc(CO)cnc1Cc1ccc(C(F)(F)F)cc1.